The van der Waals surface area contributed by atoms with Crippen LogP contribution in [0.4, 0.5) is 5.69 Å². The number of benzene rings is 1. The summed E-state index contributed by atoms with van der Waals surface area (Å²) in [5.74, 6) is 0.0402. The van der Waals surface area contributed by atoms with E-state index in [9.17, 15) is 13.2 Å². The zero-order valence-corrected chi connectivity index (χ0v) is 15.9. The Labute approximate surface area is 145 Å². The Bertz CT molecular complexity index is 700. The number of anilines is 1. The number of unbranched alkanes of at least 4 members (excludes halogenated alkanes) is 1. The van der Waals surface area contributed by atoms with Crippen LogP contribution in [-0.2, 0) is 16.4 Å². The van der Waals surface area contributed by atoms with Crippen LogP contribution in [0, 0.1) is 0 Å². The van der Waals surface area contributed by atoms with E-state index in [-0.39, 0.29) is 11.9 Å². The Hall–Kier alpha value is -1.56. The SMILES string of the molecule is CCCCN(C(=O)c1ccc2c(c1)CCN2S(C)(=O)=O)C(C)CC. The van der Waals surface area contributed by atoms with Crippen molar-refractivity contribution >= 4 is 21.6 Å². The van der Waals surface area contributed by atoms with Gasteiger partial charge in [0.2, 0.25) is 10.0 Å². The highest BCUT2D eigenvalue weighted by Crippen LogP contribution is 2.31. The van der Waals surface area contributed by atoms with E-state index in [1.165, 1.54) is 10.6 Å². The molecule has 1 unspecified atom stereocenters. The molecule has 0 fully saturated rings. The molecule has 24 heavy (non-hydrogen) atoms. The molecule has 0 N–H and O–H groups in total. The van der Waals surface area contributed by atoms with E-state index in [0.717, 1.165) is 31.4 Å². The molecule has 0 bridgehead atoms. The minimum Gasteiger partial charge on any atom is -0.336 e. The van der Waals surface area contributed by atoms with Crippen molar-refractivity contribution in [3.05, 3.63) is 29.3 Å². The minimum absolute atomic E-state index is 0.0402. The molecule has 0 saturated heterocycles. The standard InChI is InChI=1S/C18H28N2O3S/c1-5-7-11-19(14(3)6-2)18(21)16-8-9-17-15(13-16)10-12-20(17)24(4,22)23/h8-9,13-14H,5-7,10-12H2,1-4H3. The van der Waals surface area contributed by atoms with Gasteiger partial charge in [0.1, 0.15) is 0 Å². The summed E-state index contributed by atoms with van der Waals surface area (Å²) in [5.41, 5.74) is 2.30. The lowest BCUT2D eigenvalue weighted by atomic mass is 10.1. The predicted octanol–water partition coefficient (Wildman–Crippen LogP) is 3.05. The van der Waals surface area contributed by atoms with Crippen LogP contribution in [0.1, 0.15) is 56.0 Å². The molecule has 1 heterocycles. The molecule has 1 aromatic carbocycles. The summed E-state index contributed by atoms with van der Waals surface area (Å²) in [6.45, 7) is 7.50. The van der Waals surface area contributed by atoms with Crippen LogP contribution in [0.2, 0.25) is 0 Å². The van der Waals surface area contributed by atoms with E-state index in [1.807, 2.05) is 11.0 Å². The lowest BCUT2D eigenvalue weighted by Crippen LogP contribution is -2.39. The summed E-state index contributed by atoms with van der Waals surface area (Å²) >= 11 is 0. The first-order valence-corrected chi connectivity index (χ1v) is 10.6. The van der Waals surface area contributed by atoms with Gasteiger partial charge in [-0.3, -0.25) is 9.10 Å². The van der Waals surface area contributed by atoms with Crippen LogP contribution in [0.5, 0.6) is 0 Å². The summed E-state index contributed by atoms with van der Waals surface area (Å²) in [5, 5.41) is 0. The molecule has 1 aliphatic rings. The summed E-state index contributed by atoms with van der Waals surface area (Å²) < 4.78 is 25.1. The molecular formula is C18H28N2O3S. The zero-order valence-electron chi connectivity index (χ0n) is 15.1. The molecule has 134 valence electrons. The van der Waals surface area contributed by atoms with Gasteiger partial charge >= 0.3 is 0 Å². The molecular weight excluding hydrogens is 324 g/mol. The molecule has 0 aromatic heterocycles. The Kier molecular flexibility index (Phi) is 5.91. The monoisotopic (exact) mass is 352 g/mol. The first kappa shape index (κ1) is 18.8. The Morgan fingerprint density at radius 2 is 2.04 bits per heavy atom. The molecule has 0 spiro atoms. The maximum Gasteiger partial charge on any atom is 0.254 e. The van der Waals surface area contributed by atoms with E-state index in [4.69, 9.17) is 0 Å². The number of fused-ring (bicyclic) bond motifs is 1. The maximum absolute atomic E-state index is 12.9. The summed E-state index contributed by atoms with van der Waals surface area (Å²) in [7, 11) is -3.26. The van der Waals surface area contributed by atoms with E-state index < -0.39 is 10.0 Å². The van der Waals surface area contributed by atoms with Gasteiger partial charge in [-0.25, -0.2) is 8.42 Å². The normalized spacial score (nSPS) is 15.2. The van der Waals surface area contributed by atoms with Gasteiger partial charge in [-0.15, -0.1) is 0 Å². The fourth-order valence-corrected chi connectivity index (χ4v) is 4.04. The quantitative estimate of drug-likeness (QED) is 0.758. The summed E-state index contributed by atoms with van der Waals surface area (Å²) in [6.07, 6.45) is 4.83. The van der Waals surface area contributed by atoms with Gasteiger partial charge in [0.25, 0.3) is 5.91 Å². The number of amides is 1. The Morgan fingerprint density at radius 1 is 1.33 bits per heavy atom. The smallest absolute Gasteiger partial charge is 0.254 e. The highest BCUT2D eigenvalue weighted by atomic mass is 32.2. The van der Waals surface area contributed by atoms with Gasteiger partial charge in [-0.1, -0.05) is 20.3 Å². The lowest BCUT2D eigenvalue weighted by Gasteiger charge is -2.29. The second-order valence-corrected chi connectivity index (χ2v) is 8.44. The van der Waals surface area contributed by atoms with Gasteiger partial charge in [-0.2, -0.15) is 0 Å². The Balaban J connectivity index is 2.28. The fraction of sp³-hybridized carbons (Fsp3) is 0.611. The number of nitrogens with zero attached hydrogens (tertiary/aromatic N) is 2. The van der Waals surface area contributed by atoms with Gasteiger partial charge in [0.15, 0.2) is 0 Å². The minimum atomic E-state index is -3.26. The molecule has 1 amide bonds. The van der Waals surface area contributed by atoms with E-state index in [1.54, 1.807) is 12.1 Å². The molecule has 0 aliphatic carbocycles. The van der Waals surface area contributed by atoms with Crippen molar-refractivity contribution in [1.82, 2.24) is 4.90 Å². The molecule has 1 aliphatic heterocycles. The highest BCUT2D eigenvalue weighted by Gasteiger charge is 2.28. The molecule has 0 radical (unpaired) electrons. The average Bonchev–Trinajstić information content (AvgIpc) is 2.97. The van der Waals surface area contributed by atoms with Crippen LogP contribution in [0.15, 0.2) is 18.2 Å². The molecule has 6 heteroatoms. The molecule has 2 rings (SSSR count). The number of sulfonamides is 1. The van der Waals surface area contributed by atoms with Crippen molar-refractivity contribution in [2.75, 3.05) is 23.7 Å². The zero-order chi connectivity index (χ0) is 17.9. The van der Waals surface area contributed by atoms with Crippen LogP contribution < -0.4 is 4.31 Å². The third kappa shape index (κ3) is 3.91. The van der Waals surface area contributed by atoms with Crippen molar-refractivity contribution in [2.45, 2.75) is 52.5 Å². The predicted molar refractivity (Wildman–Crippen MR) is 98.0 cm³/mol. The van der Waals surface area contributed by atoms with E-state index in [0.29, 0.717) is 24.2 Å². The van der Waals surface area contributed by atoms with Crippen molar-refractivity contribution in [3.8, 4) is 0 Å². The van der Waals surface area contributed by atoms with Crippen molar-refractivity contribution in [2.24, 2.45) is 0 Å². The van der Waals surface area contributed by atoms with E-state index >= 15 is 0 Å². The fourth-order valence-electron chi connectivity index (χ4n) is 3.09. The number of carbonyl (C=O) groups excluding carboxylic acids is 1. The number of hydrogen-bond acceptors (Lipinski definition) is 3. The second kappa shape index (κ2) is 7.55. The molecule has 0 saturated carbocycles. The van der Waals surface area contributed by atoms with Crippen molar-refractivity contribution in [3.63, 3.8) is 0 Å². The summed E-state index contributed by atoms with van der Waals surface area (Å²) in [6, 6.07) is 5.59. The van der Waals surface area contributed by atoms with Crippen molar-refractivity contribution < 1.29 is 13.2 Å². The largest absolute Gasteiger partial charge is 0.336 e. The van der Waals surface area contributed by atoms with Crippen LogP contribution in [0.25, 0.3) is 0 Å². The topological polar surface area (TPSA) is 57.7 Å². The van der Waals surface area contributed by atoms with Gasteiger partial charge < -0.3 is 4.90 Å². The second-order valence-electron chi connectivity index (χ2n) is 6.54. The number of hydrogen-bond donors (Lipinski definition) is 0. The van der Waals surface area contributed by atoms with E-state index in [2.05, 4.69) is 20.8 Å². The average molecular weight is 353 g/mol. The Morgan fingerprint density at radius 3 is 2.62 bits per heavy atom. The van der Waals surface area contributed by atoms with Crippen LogP contribution in [0.3, 0.4) is 0 Å². The van der Waals surface area contributed by atoms with Crippen molar-refractivity contribution in [1.29, 1.82) is 0 Å². The van der Waals surface area contributed by atoms with Crippen LogP contribution in [-0.4, -0.2) is 44.6 Å². The third-order valence-corrected chi connectivity index (χ3v) is 5.90. The van der Waals surface area contributed by atoms with Crippen LogP contribution >= 0.6 is 0 Å². The summed E-state index contributed by atoms with van der Waals surface area (Å²) in [4.78, 5) is 14.9. The number of carbonyl (C=O) groups is 1. The molecule has 1 aromatic rings. The first-order chi connectivity index (χ1) is 11.3. The van der Waals surface area contributed by atoms with Gasteiger partial charge in [0, 0.05) is 24.7 Å². The first-order valence-electron chi connectivity index (χ1n) is 8.71. The number of rotatable bonds is 7. The lowest BCUT2D eigenvalue weighted by molar-refractivity contribution is 0.0685. The third-order valence-electron chi connectivity index (χ3n) is 4.72. The molecule has 5 nitrogen and oxygen atoms in total. The van der Waals surface area contributed by atoms with Gasteiger partial charge in [-0.05, 0) is 49.9 Å². The highest BCUT2D eigenvalue weighted by molar-refractivity contribution is 7.92. The van der Waals surface area contributed by atoms with Gasteiger partial charge in [0.05, 0.1) is 11.9 Å². The maximum atomic E-state index is 12.9. The molecule has 1 atom stereocenters.